The molecule has 0 atom stereocenters. The second-order valence-electron chi connectivity index (χ2n) is 6.85. The van der Waals surface area contributed by atoms with E-state index < -0.39 is 0 Å². The van der Waals surface area contributed by atoms with E-state index in [0.29, 0.717) is 39.6 Å². The maximum atomic E-state index is 10.5. The molecule has 0 aliphatic heterocycles. The topological polar surface area (TPSA) is 67.9 Å². The number of aliphatic imine (C=N–C) groups is 1. The number of phenols is 1. The second kappa shape index (κ2) is 9.24. The van der Waals surface area contributed by atoms with Gasteiger partial charge in [-0.15, -0.1) is 0 Å². The van der Waals surface area contributed by atoms with Crippen LogP contribution in [0.15, 0.2) is 66.9 Å². The largest absolute Gasteiger partial charge is 0.504 e. The Morgan fingerprint density at radius 1 is 1.10 bits per heavy atom. The molecule has 0 saturated carbocycles. The van der Waals surface area contributed by atoms with Gasteiger partial charge in [0.1, 0.15) is 5.52 Å². The van der Waals surface area contributed by atoms with Crippen LogP contribution in [0.4, 0.5) is 5.69 Å². The first-order valence-electron chi connectivity index (χ1n) is 9.87. The van der Waals surface area contributed by atoms with Gasteiger partial charge in [-0.1, -0.05) is 19.1 Å². The van der Waals surface area contributed by atoms with Gasteiger partial charge in [-0.3, -0.25) is 4.99 Å². The number of aryl methyl sites for hydroxylation is 1. The predicted octanol–water partition coefficient (Wildman–Crippen LogP) is 7.44. The van der Waals surface area contributed by atoms with Gasteiger partial charge in [0.25, 0.3) is 0 Å². The van der Waals surface area contributed by atoms with Crippen LogP contribution in [0.25, 0.3) is 22.6 Å². The number of phenolic OH excluding ortho intramolecular Hbond substituents is 1. The van der Waals surface area contributed by atoms with Gasteiger partial charge in [-0.05, 0) is 87.2 Å². The van der Waals surface area contributed by atoms with Crippen LogP contribution in [-0.2, 0) is 6.42 Å². The van der Waals surface area contributed by atoms with Gasteiger partial charge in [0.05, 0.1) is 17.9 Å². The third kappa shape index (κ3) is 4.52. The lowest BCUT2D eigenvalue weighted by Crippen LogP contribution is -1.95. The first-order chi connectivity index (χ1) is 15.0. The molecule has 1 heterocycles. The molecule has 4 rings (SSSR count). The van der Waals surface area contributed by atoms with Crippen molar-refractivity contribution < 1.29 is 14.3 Å². The summed E-state index contributed by atoms with van der Waals surface area (Å²) in [6, 6.07) is 15.5. The van der Waals surface area contributed by atoms with E-state index in [9.17, 15) is 5.11 Å². The van der Waals surface area contributed by atoms with E-state index in [2.05, 4.69) is 60.9 Å². The quantitative estimate of drug-likeness (QED) is 0.257. The molecule has 158 valence electrons. The van der Waals surface area contributed by atoms with Gasteiger partial charge in [0.2, 0.25) is 5.89 Å². The van der Waals surface area contributed by atoms with E-state index in [1.165, 1.54) is 5.56 Å². The van der Waals surface area contributed by atoms with Crippen molar-refractivity contribution in [2.75, 3.05) is 6.61 Å². The molecule has 0 amide bonds. The Morgan fingerprint density at radius 3 is 2.58 bits per heavy atom. The summed E-state index contributed by atoms with van der Waals surface area (Å²) in [5.74, 6) is 0.998. The van der Waals surface area contributed by atoms with Gasteiger partial charge < -0.3 is 14.3 Å². The molecule has 5 nitrogen and oxygen atoms in total. The highest BCUT2D eigenvalue weighted by atomic mass is 79.9. The number of rotatable bonds is 6. The number of fused-ring (bicyclic) bond motifs is 1. The van der Waals surface area contributed by atoms with E-state index in [-0.39, 0.29) is 5.75 Å². The molecule has 0 aliphatic rings. The number of nitrogens with zero attached hydrogens (tertiary/aromatic N) is 2. The van der Waals surface area contributed by atoms with Crippen molar-refractivity contribution in [2.45, 2.75) is 20.3 Å². The molecule has 0 bridgehead atoms. The fraction of sp³-hybridized carbons (Fsp3) is 0.167. The summed E-state index contributed by atoms with van der Waals surface area (Å²) in [7, 11) is 0. The number of aromatic hydroxyl groups is 1. The van der Waals surface area contributed by atoms with Crippen molar-refractivity contribution in [2.24, 2.45) is 4.99 Å². The molecule has 0 radical (unpaired) electrons. The molecular formula is C24H20Br2N2O3. The fourth-order valence-corrected chi connectivity index (χ4v) is 3.96. The normalized spacial score (nSPS) is 11.5. The first kappa shape index (κ1) is 21.6. The van der Waals surface area contributed by atoms with Crippen molar-refractivity contribution in [1.29, 1.82) is 0 Å². The van der Waals surface area contributed by atoms with E-state index in [0.717, 1.165) is 22.0 Å². The van der Waals surface area contributed by atoms with Crippen LogP contribution >= 0.6 is 31.9 Å². The van der Waals surface area contributed by atoms with Crippen molar-refractivity contribution in [3.63, 3.8) is 0 Å². The molecule has 1 N–H and O–H groups in total. The Morgan fingerprint density at radius 2 is 1.87 bits per heavy atom. The molecular weight excluding hydrogens is 524 g/mol. The fourth-order valence-electron chi connectivity index (χ4n) is 3.14. The molecule has 3 aromatic carbocycles. The molecule has 0 spiro atoms. The van der Waals surface area contributed by atoms with Crippen LogP contribution in [0.5, 0.6) is 11.5 Å². The summed E-state index contributed by atoms with van der Waals surface area (Å²) in [6.45, 7) is 4.44. The van der Waals surface area contributed by atoms with Gasteiger partial charge in [-0.2, -0.15) is 0 Å². The number of halogens is 2. The third-order valence-corrected chi connectivity index (χ3v) is 6.83. The monoisotopic (exact) mass is 542 g/mol. The minimum Gasteiger partial charge on any atom is -0.504 e. The maximum absolute atomic E-state index is 10.5. The van der Waals surface area contributed by atoms with Crippen LogP contribution < -0.4 is 4.74 Å². The van der Waals surface area contributed by atoms with Gasteiger partial charge in [-0.25, -0.2) is 4.98 Å². The molecule has 0 saturated heterocycles. The molecule has 1 aromatic heterocycles. The van der Waals surface area contributed by atoms with Crippen molar-refractivity contribution in [1.82, 2.24) is 4.98 Å². The summed E-state index contributed by atoms with van der Waals surface area (Å²) < 4.78 is 12.9. The summed E-state index contributed by atoms with van der Waals surface area (Å²) >= 11 is 6.96. The highest BCUT2D eigenvalue weighted by molar-refractivity contribution is 9.13. The summed E-state index contributed by atoms with van der Waals surface area (Å²) in [5.41, 5.74) is 4.83. The summed E-state index contributed by atoms with van der Waals surface area (Å²) in [5, 5.41) is 10.5. The standard InChI is InChI=1S/C24H20Br2N2O3/c1-3-14-5-7-15(8-6-14)24-28-19-11-16(9-10-20(19)31-24)27-13-17-22(26)18(25)12-21(23(17)29)30-4-2/h5-13,29H,3-4H2,1-2H3. The molecule has 4 aromatic rings. The first-order valence-corrected chi connectivity index (χ1v) is 11.5. The molecule has 0 aliphatic carbocycles. The predicted molar refractivity (Wildman–Crippen MR) is 131 cm³/mol. The maximum Gasteiger partial charge on any atom is 0.227 e. The molecule has 0 fully saturated rings. The lowest BCUT2D eigenvalue weighted by Gasteiger charge is -2.11. The number of ether oxygens (including phenoxy) is 1. The average Bonchev–Trinajstić information content (AvgIpc) is 3.21. The molecule has 0 unspecified atom stereocenters. The zero-order valence-electron chi connectivity index (χ0n) is 17.0. The Labute approximate surface area is 197 Å². The van der Waals surface area contributed by atoms with E-state index >= 15 is 0 Å². The zero-order chi connectivity index (χ0) is 22.0. The van der Waals surface area contributed by atoms with E-state index in [1.54, 1.807) is 12.3 Å². The SMILES string of the molecule is CCOc1cc(Br)c(Br)c(C=Nc2ccc3oc(-c4ccc(CC)cc4)nc3c2)c1O. The third-order valence-electron chi connectivity index (χ3n) is 4.82. The van der Waals surface area contributed by atoms with Crippen LogP contribution in [0.1, 0.15) is 25.0 Å². The highest BCUT2D eigenvalue weighted by Gasteiger charge is 2.15. The number of aromatic nitrogens is 1. The molecule has 31 heavy (non-hydrogen) atoms. The number of oxazole rings is 1. The Hall–Kier alpha value is -2.64. The summed E-state index contributed by atoms with van der Waals surface area (Å²) in [6.07, 6.45) is 2.59. The average molecular weight is 544 g/mol. The van der Waals surface area contributed by atoms with Gasteiger partial charge >= 0.3 is 0 Å². The van der Waals surface area contributed by atoms with Gasteiger partial charge in [0.15, 0.2) is 17.1 Å². The van der Waals surface area contributed by atoms with Crippen LogP contribution in [0, 0.1) is 0 Å². The minimum atomic E-state index is 0.0287. The summed E-state index contributed by atoms with van der Waals surface area (Å²) in [4.78, 5) is 9.14. The van der Waals surface area contributed by atoms with Crippen LogP contribution in [0.2, 0.25) is 0 Å². The van der Waals surface area contributed by atoms with E-state index in [1.807, 2.05) is 37.3 Å². The number of hydrogen-bond donors (Lipinski definition) is 1. The van der Waals surface area contributed by atoms with Crippen molar-refractivity contribution in [3.8, 4) is 23.0 Å². The Balaban J connectivity index is 1.66. The lowest BCUT2D eigenvalue weighted by atomic mass is 10.1. The zero-order valence-corrected chi connectivity index (χ0v) is 20.2. The Kier molecular flexibility index (Phi) is 6.43. The smallest absolute Gasteiger partial charge is 0.227 e. The van der Waals surface area contributed by atoms with Crippen LogP contribution in [0.3, 0.4) is 0 Å². The molecule has 7 heteroatoms. The van der Waals surface area contributed by atoms with E-state index in [4.69, 9.17) is 9.15 Å². The van der Waals surface area contributed by atoms with Crippen LogP contribution in [-0.4, -0.2) is 22.9 Å². The number of hydrogen-bond acceptors (Lipinski definition) is 5. The number of benzene rings is 3. The second-order valence-corrected chi connectivity index (χ2v) is 8.49. The van der Waals surface area contributed by atoms with Crippen molar-refractivity contribution in [3.05, 3.63) is 68.6 Å². The minimum absolute atomic E-state index is 0.0287. The highest BCUT2D eigenvalue weighted by Crippen LogP contribution is 2.40. The van der Waals surface area contributed by atoms with Gasteiger partial charge in [0, 0.05) is 20.7 Å². The Bertz CT molecular complexity index is 1260. The lowest BCUT2D eigenvalue weighted by molar-refractivity contribution is 0.317. The van der Waals surface area contributed by atoms with Crippen molar-refractivity contribution >= 4 is 54.9 Å².